The minimum Gasteiger partial charge on any atom is -0.497 e. The monoisotopic (exact) mass is 313 g/mol. The molecule has 0 aliphatic carbocycles. The predicted molar refractivity (Wildman–Crippen MR) is 89.6 cm³/mol. The second-order valence-electron chi connectivity index (χ2n) is 4.68. The van der Waals surface area contributed by atoms with E-state index < -0.39 is 0 Å². The molecule has 5 heteroatoms. The van der Waals surface area contributed by atoms with Gasteiger partial charge >= 0.3 is 0 Å². The van der Waals surface area contributed by atoms with Crippen LogP contribution in [0.25, 0.3) is 0 Å². The van der Waals surface area contributed by atoms with Crippen molar-refractivity contribution in [2.75, 3.05) is 26.1 Å². The van der Waals surface area contributed by atoms with Gasteiger partial charge in [0.25, 0.3) is 5.91 Å². The SMILES string of the molecule is C=CCOc1ccc(NC(=O)c2cc(OC)cc(OC)c2)cc1. The molecule has 0 bridgehead atoms. The first-order valence-corrected chi connectivity index (χ1v) is 7.04. The lowest BCUT2D eigenvalue weighted by Gasteiger charge is -2.10. The lowest BCUT2D eigenvalue weighted by atomic mass is 10.1. The van der Waals surface area contributed by atoms with Crippen LogP contribution < -0.4 is 19.5 Å². The Morgan fingerprint density at radius 2 is 1.65 bits per heavy atom. The fourth-order valence-electron chi connectivity index (χ4n) is 1.93. The van der Waals surface area contributed by atoms with Gasteiger partial charge < -0.3 is 19.5 Å². The number of carbonyl (C=O) groups excluding carboxylic acids is 1. The van der Waals surface area contributed by atoms with Crippen LogP contribution in [-0.4, -0.2) is 26.7 Å². The number of nitrogens with one attached hydrogen (secondary N) is 1. The topological polar surface area (TPSA) is 56.8 Å². The Labute approximate surface area is 135 Å². The van der Waals surface area contributed by atoms with Crippen LogP contribution in [0.2, 0.25) is 0 Å². The van der Waals surface area contributed by atoms with E-state index in [9.17, 15) is 4.79 Å². The van der Waals surface area contributed by atoms with Crippen molar-refractivity contribution in [3.8, 4) is 17.2 Å². The third kappa shape index (κ3) is 4.51. The van der Waals surface area contributed by atoms with Crippen molar-refractivity contribution in [2.24, 2.45) is 0 Å². The van der Waals surface area contributed by atoms with E-state index in [1.807, 2.05) is 0 Å². The van der Waals surface area contributed by atoms with Gasteiger partial charge in [-0.15, -0.1) is 0 Å². The van der Waals surface area contributed by atoms with Gasteiger partial charge in [-0.1, -0.05) is 12.7 Å². The molecule has 2 aromatic carbocycles. The van der Waals surface area contributed by atoms with Gasteiger partial charge in [-0.3, -0.25) is 4.79 Å². The molecule has 1 N–H and O–H groups in total. The van der Waals surface area contributed by atoms with Gasteiger partial charge in [0.15, 0.2) is 0 Å². The summed E-state index contributed by atoms with van der Waals surface area (Å²) in [5.74, 6) is 1.58. The number of anilines is 1. The first-order chi connectivity index (χ1) is 11.2. The van der Waals surface area contributed by atoms with Gasteiger partial charge in [0.2, 0.25) is 0 Å². The quantitative estimate of drug-likeness (QED) is 0.795. The van der Waals surface area contributed by atoms with Gasteiger partial charge in [0, 0.05) is 17.3 Å². The summed E-state index contributed by atoms with van der Waals surface area (Å²) in [5.41, 5.74) is 1.12. The Morgan fingerprint density at radius 3 is 2.17 bits per heavy atom. The summed E-state index contributed by atoms with van der Waals surface area (Å²) in [6.45, 7) is 4.03. The molecule has 0 aliphatic rings. The number of rotatable bonds is 7. The van der Waals surface area contributed by atoms with E-state index in [4.69, 9.17) is 14.2 Å². The van der Waals surface area contributed by atoms with E-state index in [-0.39, 0.29) is 5.91 Å². The van der Waals surface area contributed by atoms with Gasteiger partial charge in [0.1, 0.15) is 23.9 Å². The zero-order chi connectivity index (χ0) is 16.7. The summed E-state index contributed by atoms with van der Waals surface area (Å²) in [4.78, 5) is 12.3. The zero-order valence-electron chi connectivity index (χ0n) is 13.2. The van der Waals surface area contributed by atoms with Crippen molar-refractivity contribution < 1.29 is 19.0 Å². The summed E-state index contributed by atoms with van der Waals surface area (Å²) in [5, 5.41) is 2.82. The highest BCUT2D eigenvalue weighted by Crippen LogP contribution is 2.23. The van der Waals surface area contributed by atoms with Crippen LogP contribution in [-0.2, 0) is 0 Å². The van der Waals surface area contributed by atoms with Crippen molar-refractivity contribution in [3.05, 3.63) is 60.7 Å². The standard InChI is InChI=1S/C18H19NO4/c1-4-9-23-15-7-5-14(6-8-15)19-18(20)13-10-16(21-2)12-17(11-13)22-3/h4-8,10-12H,1,9H2,2-3H3,(H,19,20). The van der Waals surface area contributed by atoms with E-state index in [0.29, 0.717) is 35.1 Å². The first-order valence-electron chi connectivity index (χ1n) is 7.04. The van der Waals surface area contributed by atoms with Crippen molar-refractivity contribution in [1.82, 2.24) is 0 Å². The Bertz CT molecular complexity index is 658. The molecular weight excluding hydrogens is 294 g/mol. The first kappa shape index (κ1) is 16.4. The second kappa shape index (κ2) is 7.89. The highest BCUT2D eigenvalue weighted by molar-refractivity contribution is 6.04. The Kier molecular flexibility index (Phi) is 5.63. The number of hydrogen-bond acceptors (Lipinski definition) is 4. The molecule has 0 aromatic heterocycles. The summed E-state index contributed by atoms with van der Waals surface area (Å²) in [7, 11) is 3.08. The average molecular weight is 313 g/mol. The molecule has 5 nitrogen and oxygen atoms in total. The van der Waals surface area contributed by atoms with E-state index in [0.717, 1.165) is 0 Å². The molecule has 0 fully saturated rings. The lowest BCUT2D eigenvalue weighted by Crippen LogP contribution is -2.12. The molecule has 0 heterocycles. The van der Waals surface area contributed by atoms with E-state index in [1.165, 1.54) is 0 Å². The molecule has 120 valence electrons. The van der Waals surface area contributed by atoms with Crippen LogP contribution in [0, 0.1) is 0 Å². The van der Waals surface area contributed by atoms with Crippen molar-refractivity contribution >= 4 is 11.6 Å². The van der Waals surface area contributed by atoms with E-state index in [2.05, 4.69) is 11.9 Å². The normalized spacial score (nSPS) is 9.83. The Morgan fingerprint density at radius 1 is 1.04 bits per heavy atom. The molecule has 0 radical (unpaired) electrons. The Balaban J connectivity index is 2.10. The largest absolute Gasteiger partial charge is 0.497 e. The van der Waals surface area contributed by atoms with Gasteiger partial charge in [-0.05, 0) is 36.4 Å². The zero-order valence-corrected chi connectivity index (χ0v) is 13.2. The molecule has 23 heavy (non-hydrogen) atoms. The van der Waals surface area contributed by atoms with Crippen LogP contribution in [0.1, 0.15) is 10.4 Å². The molecule has 1 amide bonds. The van der Waals surface area contributed by atoms with E-state index >= 15 is 0 Å². The summed E-state index contributed by atoms with van der Waals surface area (Å²) < 4.78 is 15.7. The lowest BCUT2D eigenvalue weighted by molar-refractivity contribution is 0.102. The van der Waals surface area contributed by atoms with Crippen molar-refractivity contribution in [1.29, 1.82) is 0 Å². The highest BCUT2D eigenvalue weighted by Gasteiger charge is 2.10. The van der Waals surface area contributed by atoms with Gasteiger partial charge in [-0.2, -0.15) is 0 Å². The minimum absolute atomic E-state index is 0.248. The van der Waals surface area contributed by atoms with Gasteiger partial charge in [0.05, 0.1) is 14.2 Å². The molecule has 0 unspecified atom stereocenters. The third-order valence-corrected chi connectivity index (χ3v) is 3.09. The predicted octanol–water partition coefficient (Wildman–Crippen LogP) is 3.52. The average Bonchev–Trinajstić information content (AvgIpc) is 2.60. The summed E-state index contributed by atoms with van der Waals surface area (Å²) in [6.07, 6.45) is 1.67. The van der Waals surface area contributed by atoms with Crippen LogP contribution >= 0.6 is 0 Å². The summed E-state index contributed by atoms with van der Waals surface area (Å²) >= 11 is 0. The number of amides is 1. The molecule has 0 saturated heterocycles. The maximum atomic E-state index is 12.3. The van der Waals surface area contributed by atoms with Crippen molar-refractivity contribution in [2.45, 2.75) is 0 Å². The number of ether oxygens (including phenoxy) is 3. The molecule has 2 aromatic rings. The molecule has 0 atom stereocenters. The van der Waals surface area contributed by atoms with Crippen molar-refractivity contribution in [3.63, 3.8) is 0 Å². The Hall–Kier alpha value is -2.95. The number of benzene rings is 2. The maximum Gasteiger partial charge on any atom is 0.255 e. The molecule has 0 saturated carbocycles. The fourth-order valence-corrected chi connectivity index (χ4v) is 1.93. The van der Waals surface area contributed by atoms with Gasteiger partial charge in [-0.25, -0.2) is 0 Å². The number of carbonyl (C=O) groups is 1. The number of methoxy groups -OCH3 is 2. The maximum absolute atomic E-state index is 12.3. The molecule has 0 aliphatic heterocycles. The van der Waals surface area contributed by atoms with Crippen LogP contribution in [0.15, 0.2) is 55.1 Å². The fraction of sp³-hybridized carbons (Fsp3) is 0.167. The van der Waals surface area contributed by atoms with Crippen LogP contribution in [0.5, 0.6) is 17.2 Å². The molecule has 0 spiro atoms. The molecular formula is C18H19NO4. The van der Waals surface area contributed by atoms with Crippen LogP contribution in [0.4, 0.5) is 5.69 Å². The second-order valence-corrected chi connectivity index (χ2v) is 4.68. The smallest absolute Gasteiger partial charge is 0.255 e. The third-order valence-electron chi connectivity index (χ3n) is 3.09. The van der Waals surface area contributed by atoms with E-state index in [1.54, 1.807) is 62.8 Å². The molecule has 2 rings (SSSR count). The minimum atomic E-state index is -0.248. The highest BCUT2D eigenvalue weighted by atomic mass is 16.5. The summed E-state index contributed by atoms with van der Waals surface area (Å²) in [6, 6.07) is 12.1. The van der Waals surface area contributed by atoms with Crippen LogP contribution in [0.3, 0.4) is 0 Å². The number of hydrogen-bond donors (Lipinski definition) is 1.